The summed E-state index contributed by atoms with van der Waals surface area (Å²) in [4.78, 5) is 12.5. The molecule has 1 amide bonds. The molecule has 0 aliphatic rings. The van der Waals surface area contributed by atoms with Crippen molar-refractivity contribution in [3.8, 4) is 5.75 Å². The number of aryl methyl sites for hydroxylation is 1. The van der Waals surface area contributed by atoms with Crippen LogP contribution >= 0.6 is 0 Å². The second kappa shape index (κ2) is 9.17. The van der Waals surface area contributed by atoms with Crippen LogP contribution in [0.25, 0.3) is 10.8 Å². The highest BCUT2D eigenvalue weighted by molar-refractivity contribution is 5.89. The number of rotatable bonds is 8. The molecule has 0 heterocycles. The molecule has 0 fully saturated rings. The molecule has 0 aliphatic heterocycles. The van der Waals surface area contributed by atoms with Gasteiger partial charge in [0.15, 0.2) is 6.10 Å². The summed E-state index contributed by atoms with van der Waals surface area (Å²) in [6.45, 7) is 2.50. The normalized spacial score (nSPS) is 11.9. The number of carbonyl (C=O) groups excluding carboxylic acids is 1. The van der Waals surface area contributed by atoms with Gasteiger partial charge in [0.2, 0.25) is 0 Å². The Balaban J connectivity index is 1.53. The summed E-state index contributed by atoms with van der Waals surface area (Å²) in [6, 6.07) is 20.3. The van der Waals surface area contributed by atoms with Gasteiger partial charge in [-0.25, -0.2) is 4.39 Å². The van der Waals surface area contributed by atoms with Crippen LogP contribution in [0.15, 0.2) is 66.7 Å². The maximum atomic E-state index is 12.9. The average Bonchev–Trinajstić information content (AvgIpc) is 2.70. The molecule has 0 spiro atoms. The predicted octanol–water partition coefficient (Wildman–Crippen LogP) is 4.89. The lowest BCUT2D eigenvalue weighted by molar-refractivity contribution is -0.128. The van der Waals surface area contributed by atoms with Gasteiger partial charge in [-0.05, 0) is 48.4 Å². The molecule has 1 N–H and O–H groups in total. The third-order valence-corrected chi connectivity index (χ3v) is 4.54. The fraction of sp³-hybridized carbons (Fsp3) is 0.261. The highest BCUT2D eigenvalue weighted by atomic mass is 19.1. The number of benzene rings is 3. The first-order valence-corrected chi connectivity index (χ1v) is 9.34. The van der Waals surface area contributed by atoms with Crippen LogP contribution in [0.5, 0.6) is 5.75 Å². The number of carbonyl (C=O) groups is 1. The minimum Gasteiger partial charge on any atom is -0.480 e. The first-order valence-electron chi connectivity index (χ1n) is 9.34. The second-order valence-electron chi connectivity index (χ2n) is 6.51. The van der Waals surface area contributed by atoms with Crippen molar-refractivity contribution in [3.05, 3.63) is 78.1 Å². The van der Waals surface area contributed by atoms with E-state index >= 15 is 0 Å². The molecule has 0 saturated heterocycles. The van der Waals surface area contributed by atoms with Crippen LogP contribution in [0.3, 0.4) is 0 Å². The Morgan fingerprint density at radius 2 is 1.78 bits per heavy atom. The molecule has 0 saturated carbocycles. The monoisotopic (exact) mass is 365 g/mol. The summed E-state index contributed by atoms with van der Waals surface area (Å²) in [5.41, 5.74) is 1.06. The molecule has 1 atom stereocenters. The molecular formula is C23H24FNO2. The zero-order chi connectivity index (χ0) is 19.1. The van der Waals surface area contributed by atoms with Gasteiger partial charge in [0.1, 0.15) is 11.6 Å². The van der Waals surface area contributed by atoms with E-state index in [1.165, 1.54) is 12.1 Å². The van der Waals surface area contributed by atoms with Crippen molar-refractivity contribution in [2.24, 2.45) is 0 Å². The summed E-state index contributed by atoms with van der Waals surface area (Å²) in [7, 11) is 0. The lowest BCUT2D eigenvalue weighted by Crippen LogP contribution is -2.38. The van der Waals surface area contributed by atoms with Crippen LogP contribution < -0.4 is 10.1 Å². The lowest BCUT2D eigenvalue weighted by Gasteiger charge is -2.18. The highest BCUT2D eigenvalue weighted by Gasteiger charge is 2.18. The van der Waals surface area contributed by atoms with Gasteiger partial charge >= 0.3 is 0 Å². The smallest absolute Gasteiger partial charge is 0.261 e. The number of ether oxygens (including phenoxy) is 1. The largest absolute Gasteiger partial charge is 0.480 e. The zero-order valence-electron chi connectivity index (χ0n) is 15.5. The highest BCUT2D eigenvalue weighted by Crippen LogP contribution is 2.26. The van der Waals surface area contributed by atoms with Gasteiger partial charge < -0.3 is 10.1 Å². The van der Waals surface area contributed by atoms with Gasteiger partial charge in [0.25, 0.3) is 5.91 Å². The van der Waals surface area contributed by atoms with Crippen LogP contribution in [0.2, 0.25) is 0 Å². The third-order valence-electron chi connectivity index (χ3n) is 4.54. The maximum absolute atomic E-state index is 12.9. The van der Waals surface area contributed by atoms with Crippen LogP contribution in [-0.2, 0) is 11.2 Å². The van der Waals surface area contributed by atoms with Crippen molar-refractivity contribution in [2.75, 3.05) is 6.54 Å². The Bertz CT molecular complexity index is 887. The molecule has 0 bridgehead atoms. The summed E-state index contributed by atoms with van der Waals surface area (Å²) >= 11 is 0. The van der Waals surface area contributed by atoms with Crippen molar-refractivity contribution < 1.29 is 13.9 Å². The van der Waals surface area contributed by atoms with E-state index in [9.17, 15) is 9.18 Å². The van der Waals surface area contributed by atoms with Crippen LogP contribution in [-0.4, -0.2) is 18.6 Å². The zero-order valence-corrected chi connectivity index (χ0v) is 15.5. The summed E-state index contributed by atoms with van der Waals surface area (Å²) < 4.78 is 18.9. The number of halogens is 1. The van der Waals surface area contributed by atoms with Crippen LogP contribution in [0, 0.1) is 5.82 Å². The quantitative estimate of drug-likeness (QED) is 0.578. The van der Waals surface area contributed by atoms with Crippen molar-refractivity contribution in [1.82, 2.24) is 5.32 Å². The Hall–Kier alpha value is -2.88. The van der Waals surface area contributed by atoms with E-state index in [0.29, 0.717) is 13.0 Å². The molecule has 3 rings (SSSR count). The molecule has 3 aromatic carbocycles. The minimum atomic E-state index is -0.526. The Labute approximate surface area is 159 Å². The SMILES string of the molecule is CC[C@H](Oc1cccc2ccccc12)C(=O)NCCCc1ccc(F)cc1. The summed E-state index contributed by atoms with van der Waals surface area (Å²) in [6.07, 6.45) is 1.65. The van der Waals surface area contributed by atoms with Crippen LogP contribution in [0.1, 0.15) is 25.3 Å². The van der Waals surface area contributed by atoms with E-state index < -0.39 is 6.10 Å². The Morgan fingerprint density at radius 3 is 2.56 bits per heavy atom. The van der Waals surface area contributed by atoms with E-state index in [1.807, 2.05) is 49.4 Å². The molecule has 27 heavy (non-hydrogen) atoms. The van der Waals surface area contributed by atoms with Crippen molar-refractivity contribution in [2.45, 2.75) is 32.3 Å². The number of hydrogen-bond acceptors (Lipinski definition) is 2. The second-order valence-corrected chi connectivity index (χ2v) is 6.51. The molecule has 0 unspecified atom stereocenters. The molecule has 0 aromatic heterocycles. The first kappa shape index (κ1) is 18.9. The first-order chi connectivity index (χ1) is 13.2. The van der Waals surface area contributed by atoms with Gasteiger partial charge in [-0.15, -0.1) is 0 Å². The molecule has 3 aromatic rings. The summed E-state index contributed by atoms with van der Waals surface area (Å²) in [5, 5.41) is 5.04. The van der Waals surface area contributed by atoms with Crippen LogP contribution in [0.4, 0.5) is 4.39 Å². The van der Waals surface area contributed by atoms with Crippen molar-refractivity contribution in [3.63, 3.8) is 0 Å². The van der Waals surface area contributed by atoms with E-state index in [2.05, 4.69) is 5.32 Å². The van der Waals surface area contributed by atoms with Gasteiger partial charge in [0, 0.05) is 11.9 Å². The summed E-state index contributed by atoms with van der Waals surface area (Å²) in [5.74, 6) is 0.384. The fourth-order valence-corrected chi connectivity index (χ4v) is 3.04. The Kier molecular flexibility index (Phi) is 6.42. The topological polar surface area (TPSA) is 38.3 Å². The van der Waals surface area contributed by atoms with Gasteiger partial charge in [0.05, 0.1) is 0 Å². The van der Waals surface area contributed by atoms with Crippen molar-refractivity contribution in [1.29, 1.82) is 0 Å². The van der Waals surface area contributed by atoms with E-state index in [1.54, 1.807) is 12.1 Å². The third kappa shape index (κ3) is 5.07. The van der Waals surface area contributed by atoms with E-state index in [-0.39, 0.29) is 11.7 Å². The van der Waals surface area contributed by atoms with Gasteiger partial charge in [-0.1, -0.05) is 55.5 Å². The maximum Gasteiger partial charge on any atom is 0.261 e. The van der Waals surface area contributed by atoms with E-state index in [4.69, 9.17) is 4.74 Å². The van der Waals surface area contributed by atoms with Gasteiger partial charge in [-0.3, -0.25) is 4.79 Å². The average molecular weight is 365 g/mol. The molecular weight excluding hydrogens is 341 g/mol. The fourth-order valence-electron chi connectivity index (χ4n) is 3.04. The molecule has 0 aliphatic carbocycles. The molecule has 3 nitrogen and oxygen atoms in total. The number of fused-ring (bicyclic) bond motifs is 1. The molecule has 140 valence electrons. The lowest BCUT2D eigenvalue weighted by atomic mass is 10.1. The van der Waals surface area contributed by atoms with E-state index in [0.717, 1.165) is 34.9 Å². The number of nitrogens with one attached hydrogen (secondary N) is 1. The van der Waals surface area contributed by atoms with Crippen molar-refractivity contribution >= 4 is 16.7 Å². The van der Waals surface area contributed by atoms with Gasteiger partial charge in [-0.2, -0.15) is 0 Å². The molecule has 0 radical (unpaired) electrons. The standard InChI is InChI=1S/C23H24FNO2/c1-2-21(27-22-11-5-9-18-8-3-4-10-20(18)22)23(26)25-16-6-7-17-12-14-19(24)15-13-17/h3-5,8-15,21H,2,6-7,16H2,1H3,(H,25,26)/t21-/m0/s1. The number of amides is 1. The number of hydrogen-bond donors (Lipinski definition) is 1. The molecule has 4 heteroatoms. The predicted molar refractivity (Wildman–Crippen MR) is 106 cm³/mol. The Morgan fingerprint density at radius 1 is 1.04 bits per heavy atom. The minimum absolute atomic E-state index is 0.107.